The number of anilines is 1. The van der Waals surface area contributed by atoms with Gasteiger partial charge in [-0.15, -0.1) is 0 Å². The first-order valence-electron chi connectivity index (χ1n) is 6.73. The van der Waals surface area contributed by atoms with Crippen LogP contribution >= 0.6 is 11.6 Å². The molecule has 0 radical (unpaired) electrons. The second-order valence-corrected chi connectivity index (χ2v) is 5.52. The molecule has 1 fully saturated rings. The van der Waals surface area contributed by atoms with Gasteiger partial charge in [-0.3, -0.25) is 15.0 Å². The highest BCUT2D eigenvalue weighted by atomic mass is 35.5. The summed E-state index contributed by atoms with van der Waals surface area (Å²) in [6, 6.07) is 3.42. The third-order valence-corrected chi connectivity index (χ3v) is 3.99. The SMILES string of the molecule is CN1CCN(C(=O)Nc2ccc([N+](=O)[O-])cc2Cl)CC1CO. The highest BCUT2D eigenvalue weighted by Gasteiger charge is 2.27. The minimum Gasteiger partial charge on any atom is -0.395 e. The number of amides is 2. The Morgan fingerprint density at radius 1 is 1.55 bits per heavy atom. The number of nitro benzene ring substituents is 1. The molecule has 8 nitrogen and oxygen atoms in total. The second kappa shape index (κ2) is 6.91. The van der Waals surface area contributed by atoms with Gasteiger partial charge in [0.25, 0.3) is 5.69 Å². The zero-order valence-electron chi connectivity index (χ0n) is 12.0. The minimum atomic E-state index is -0.552. The number of hydrogen-bond donors (Lipinski definition) is 2. The Morgan fingerprint density at radius 3 is 2.86 bits per heavy atom. The number of carbonyl (C=O) groups excluding carboxylic acids is 1. The molecule has 1 aliphatic rings. The number of carbonyl (C=O) groups is 1. The molecule has 0 spiro atoms. The summed E-state index contributed by atoms with van der Waals surface area (Å²) < 4.78 is 0. The summed E-state index contributed by atoms with van der Waals surface area (Å²) in [4.78, 5) is 25.9. The maximum atomic E-state index is 12.2. The first kappa shape index (κ1) is 16.5. The number of nitrogens with one attached hydrogen (secondary N) is 1. The molecular formula is C13H17ClN4O4. The smallest absolute Gasteiger partial charge is 0.321 e. The summed E-state index contributed by atoms with van der Waals surface area (Å²) >= 11 is 5.95. The summed E-state index contributed by atoms with van der Waals surface area (Å²) in [5.74, 6) is 0. The van der Waals surface area contributed by atoms with E-state index in [1.54, 1.807) is 4.90 Å². The van der Waals surface area contributed by atoms with Gasteiger partial charge in [-0.05, 0) is 13.1 Å². The molecule has 1 saturated heterocycles. The van der Waals surface area contributed by atoms with E-state index in [1.807, 2.05) is 11.9 Å². The monoisotopic (exact) mass is 328 g/mol. The van der Waals surface area contributed by atoms with E-state index in [2.05, 4.69) is 5.32 Å². The molecule has 1 aliphatic heterocycles. The molecule has 2 rings (SSSR count). The molecule has 0 aromatic heterocycles. The number of benzene rings is 1. The number of hydrogen-bond acceptors (Lipinski definition) is 5. The molecule has 1 heterocycles. The molecule has 2 N–H and O–H groups in total. The van der Waals surface area contributed by atoms with Gasteiger partial charge in [0.05, 0.1) is 28.3 Å². The molecule has 1 aromatic rings. The van der Waals surface area contributed by atoms with Crippen LogP contribution in [0.25, 0.3) is 0 Å². The first-order valence-corrected chi connectivity index (χ1v) is 7.11. The number of piperazine rings is 1. The summed E-state index contributed by atoms with van der Waals surface area (Å²) in [6.45, 7) is 1.57. The van der Waals surface area contributed by atoms with E-state index < -0.39 is 4.92 Å². The minimum absolute atomic E-state index is 0.0292. The van der Waals surface area contributed by atoms with E-state index in [9.17, 15) is 20.0 Å². The fraction of sp³-hybridized carbons (Fsp3) is 0.462. The average molecular weight is 329 g/mol. The number of likely N-dealkylation sites (N-methyl/N-ethyl adjacent to an activating group) is 1. The Balaban J connectivity index is 2.04. The molecule has 2 amide bonds. The number of rotatable bonds is 3. The van der Waals surface area contributed by atoms with E-state index in [0.29, 0.717) is 25.3 Å². The Hall–Kier alpha value is -1.90. The van der Waals surface area contributed by atoms with Gasteiger partial charge in [0.1, 0.15) is 0 Å². The third kappa shape index (κ3) is 3.65. The van der Waals surface area contributed by atoms with Crippen LogP contribution in [0.3, 0.4) is 0 Å². The summed E-state index contributed by atoms with van der Waals surface area (Å²) in [5, 5.41) is 22.7. The Kier molecular flexibility index (Phi) is 5.17. The number of halogens is 1. The van der Waals surface area contributed by atoms with Gasteiger partial charge >= 0.3 is 6.03 Å². The van der Waals surface area contributed by atoms with Crippen molar-refractivity contribution in [1.82, 2.24) is 9.80 Å². The van der Waals surface area contributed by atoms with Crippen molar-refractivity contribution in [3.05, 3.63) is 33.3 Å². The lowest BCUT2D eigenvalue weighted by atomic mass is 10.2. The van der Waals surface area contributed by atoms with Gasteiger partial charge < -0.3 is 15.3 Å². The largest absolute Gasteiger partial charge is 0.395 e. The van der Waals surface area contributed by atoms with Crippen LogP contribution in [-0.2, 0) is 0 Å². The van der Waals surface area contributed by atoms with Crippen molar-refractivity contribution >= 4 is 29.0 Å². The summed E-state index contributed by atoms with van der Waals surface area (Å²) in [5.41, 5.74) is 0.180. The Morgan fingerprint density at radius 2 is 2.27 bits per heavy atom. The van der Waals surface area contributed by atoms with Crippen LogP contribution in [0.4, 0.5) is 16.2 Å². The van der Waals surface area contributed by atoms with Crippen molar-refractivity contribution in [2.75, 3.05) is 38.6 Å². The molecule has 1 atom stereocenters. The zero-order valence-corrected chi connectivity index (χ0v) is 12.8. The number of urea groups is 1. The summed E-state index contributed by atoms with van der Waals surface area (Å²) in [7, 11) is 1.89. The van der Waals surface area contributed by atoms with Gasteiger partial charge in [-0.25, -0.2) is 4.79 Å². The zero-order chi connectivity index (χ0) is 16.3. The van der Waals surface area contributed by atoms with Crippen molar-refractivity contribution in [3.8, 4) is 0 Å². The Labute approximate surface area is 132 Å². The van der Waals surface area contributed by atoms with Gasteiger partial charge in [-0.1, -0.05) is 11.6 Å². The topological polar surface area (TPSA) is 99.0 Å². The molecule has 9 heteroatoms. The molecule has 1 aromatic carbocycles. The van der Waals surface area contributed by atoms with Crippen molar-refractivity contribution < 1.29 is 14.8 Å². The average Bonchev–Trinajstić information content (AvgIpc) is 2.49. The van der Waals surface area contributed by atoms with E-state index in [0.717, 1.165) is 0 Å². The first-order chi connectivity index (χ1) is 10.4. The number of nitro groups is 1. The molecule has 120 valence electrons. The molecule has 0 bridgehead atoms. The quantitative estimate of drug-likeness (QED) is 0.645. The van der Waals surface area contributed by atoms with Crippen LogP contribution < -0.4 is 5.32 Å². The lowest BCUT2D eigenvalue weighted by Gasteiger charge is -2.38. The molecular weight excluding hydrogens is 312 g/mol. The lowest BCUT2D eigenvalue weighted by molar-refractivity contribution is -0.384. The molecule has 22 heavy (non-hydrogen) atoms. The number of aliphatic hydroxyl groups excluding tert-OH is 1. The van der Waals surface area contributed by atoms with Crippen molar-refractivity contribution in [3.63, 3.8) is 0 Å². The normalized spacial score (nSPS) is 19.0. The third-order valence-electron chi connectivity index (χ3n) is 3.68. The van der Waals surface area contributed by atoms with Crippen LogP contribution in [-0.4, -0.2) is 65.2 Å². The van der Waals surface area contributed by atoms with Crippen LogP contribution in [0, 0.1) is 10.1 Å². The highest BCUT2D eigenvalue weighted by Crippen LogP contribution is 2.27. The van der Waals surface area contributed by atoms with E-state index in [4.69, 9.17) is 11.6 Å². The van der Waals surface area contributed by atoms with Crippen LogP contribution in [0.15, 0.2) is 18.2 Å². The number of nitrogens with zero attached hydrogens (tertiary/aromatic N) is 3. The maximum Gasteiger partial charge on any atom is 0.321 e. The van der Waals surface area contributed by atoms with Crippen LogP contribution in [0.1, 0.15) is 0 Å². The maximum absolute atomic E-state index is 12.2. The number of aliphatic hydroxyl groups is 1. The second-order valence-electron chi connectivity index (χ2n) is 5.11. The highest BCUT2D eigenvalue weighted by molar-refractivity contribution is 6.33. The molecule has 0 aliphatic carbocycles. The molecule has 0 saturated carbocycles. The van der Waals surface area contributed by atoms with E-state index in [-0.39, 0.29) is 29.4 Å². The fourth-order valence-corrected chi connectivity index (χ4v) is 2.46. The van der Waals surface area contributed by atoms with Crippen molar-refractivity contribution in [2.45, 2.75) is 6.04 Å². The summed E-state index contributed by atoms with van der Waals surface area (Å²) in [6.07, 6.45) is 0. The number of non-ortho nitro benzene ring substituents is 1. The van der Waals surface area contributed by atoms with E-state index in [1.165, 1.54) is 18.2 Å². The van der Waals surface area contributed by atoms with Crippen molar-refractivity contribution in [2.24, 2.45) is 0 Å². The van der Waals surface area contributed by atoms with Gasteiger partial charge in [0.15, 0.2) is 0 Å². The van der Waals surface area contributed by atoms with Crippen LogP contribution in [0.5, 0.6) is 0 Å². The van der Waals surface area contributed by atoms with E-state index >= 15 is 0 Å². The predicted octanol–water partition coefficient (Wildman–Crippen LogP) is 1.39. The van der Waals surface area contributed by atoms with Gasteiger partial charge in [0.2, 0.25) is 0 Å². The fourth-order valence-electron chi connectivity index (χ4n) is 2.24. The lowest BCUT2D eigenvalue weighted by Crippen LogP contribution is -2.55. The molecule has 1 unspecified atom stereocenters. The van der Waals surface area contributed by atoms with Gasteiger partial charge in [0, 0.05) is 31.8 Å². The standard InChI is InChI=1S/C13H17ClN4O4/c1-16-4-5-17(7-10(16)8-19)13(20)15-12-3-2-9(18(21)22)6-11(12)14/h2-3,6,10,19H,4-5,7-8H2,1H3,(H,15,20). The van der Waals surface area contributed by atoms with Gasteiger partial charge in [-0.2, -0.15) is 0 Å². The predicted molar refractivity (Wildman–Crippen MR) is 82.2 cm³/mol. The Bertz CT molecular complexity index is 583. The van der Waals surface area contributed by atoms with Crippen LogP contribution in [0.2, 0.25) is 5.02 Å². The van der Waals surface area contributed by atoms with Crippen molar-refractivity contribution in [1.29, 1.82) is 0 Å².